The first-order valence-corrected chi connectivity index (χ1v) is 6.72. The monoisotopic (exact) mass is 260 g/mol. The predicted molar refractivity (Wildman–Crippen MR) is 68.4 cm³/mol. The molecule has 98 valence electrons. The zero-order valence-electron chi connectivity index (χ0n) is 10.5. The van der Waals surface area contributed by atoms with E-state index < -0.39 is 12.0 Å². The number of aliphatic carboxylic acids is 1. The highest BCUT2D eigenvalue weighted by Crippen LogP contribution is 2.30. The van der Waals surface area contributed by atoms with Crippen LogP contribution in [0.2, 0.25) is 0 Å². The van der Waals surface area contributed by atoms with Crippen LogP contribution in [0.5, 0.6) is 0 Å². The van der Waals surface area contributed by atoms with E-state index in [9.17, 15) is 9.59 Å². The number of nitrogens with one attached hydrogen (secondary N) is 1. The van der Waals surface area contributed by atoms with Crippen LogP contribution in [-0.4, -0.2) is 51.6 Å². The summed E-state index contributed by atoms with van der Waals surface area (Å²) < 4.78 is 0.188. The Kier molecular flexibility index (Phi) is 4.68. The van der Waals surface area contributed by atoms with Gasteiger partial charge in [-0.15, -0.1) is 0 Å². The van der Waals surface area contributed by atoms with E-state index in [1.54, 1.807) is 4.90 Å². The number of carboxylic acids is 1. The molecule has 0 unspecified atom stereocenters. The van der Waals surface area contributed by atoms with Gasteiger partial charge in [-0.25, -0.2) is 4.79 Å². The molecule has 2 N–H and O–H groups in total. The molecule has 1 aliphatic rings. The molecule has 0 bridgehead atoms. The van der Waals surface area contributed by atoms with E-state index in [0.29, 0.717) is 13.1 Å². The summed E-state index contributed by atoms with van der Waals surface area (Å²) in [5.74, 6) is -0.120. The second-order valence-electron chi connectivity index (χ2n) is 4.85. The van der Waals surface area contributed by atoms with Gasteiger partial charge in [0.1, 0.15) is 6.04 Å². The van der Waals surface area contributed by atoms with Crippen LogP contribution in [0.1, 0.15) is 27.2 Å². The van der Waals surface area contributed by atoms with Crippen molar-refractivity contribution in [1.29, 1.82) is 0 Å². The minimum absolute atomic E-state index is 0.188. The van der Waals surface area contributed by atoms with Crippen molar-refractivity contribution in [3.8, 4) is 0 Å². The molecule has 1 heterocycles. The molecule has 1 aliphatic heterocycles. The summed E-state index contributed by atoms with van der Waals surface area (Å²) in [6.45, 7) is 7.15. The molecule has 0 saturated carbocycles. The van der Waals surface area contributed by atoms with E-state index >= 15 is 0 Å². The Balaban J connectivity index is 2.50. The van der Waals surface area contributed by atoms with Gasteiger partial charge in [-0.3, -0.25) is 4.79 Å². The van der Waals surface area contributed by atoms with Crippen LogP contribution in [0.25, 0.3) is 0 Å². The number of thioether (sulfide) groups is 1. The lowest BCUT2D eigenvalue weighted by molar-refractivity contribution is -0.138. The number of carboxylic acid groups (broad SMARTS) is 1. The first kappa shape index (κ1) is 14.2. The highest BCUT2D eigenvalue weighted by Gasteiger charge is 2.27. The van der Waals surface area contributed by atoms with Crippen LogP contribution < -0.4 is 5.32 Å². The van der Waals surface area contributed by atoms with Crippen LogP contribution >= 0.6 is 11.8 Å². The Morgan fingerprint density at radius 1 is 1.41 bits per heavy atom. The third-order valence-corrected chi connectivity index (χ3v) is 4.21. The number of carbonyl (C=O) groups is 2. The Hall–Kier alpha value is -0.910. The Morgan fingerprint density at radius 2 is 2.06 bits per heavy atom. The molecule has 1 fully saturated rings. The first-order chi connectivity index (χ1) is 7.82. The summed E-state index contributed by atoms with van der Waals surface area (Å²) in [6.07, 6.45) is 0.923. The van der Waals surface area contributed by atoms with Gasteiger partial charge in [-0.05, 0) is 13.3 Å². The standard InChI is InChI=1S/C11H20N2O3S/c1-8(9(14)15)12-10(16)13-5-4-11(2,3)17-7-6-13/h8H,4-7H2,1-3H3,(H,12,16)(H,14,15)/t8-/m1/s1. The van der Waals surface area contributed by atoms with Crippen LogP contribution in [0.15, 0.2) is 0 Å². The fraction of sp³-hybridized carbons (Fsp3) is 0.818. The van der Waals surface area contributed by atoms with Crippen LogP contribution in [-0.2, 0) is 4.79 Å². The summed E-state index contributed by atoms with van der Waals surface area (Å²) in [7, 11) is 0. The Bertz CT molecular complexity index is 307. The predicted octanol–water partition coefficient (Wildman–Crippen LogP) is 1.39. The molecular formula is C11H20N2O3S. The van der Waals surface area contributed by atoms with Crippen LogP contribution in [0.4, 0.5) is 4.79 Å². The number of hydrogen-bond acceptors (Lipinski definition) is 3. The van der Waals surface area contributed by atoms with Crippen molar-refractivity contribution in [3.63, 3.8) is 0 Å². The maximum atomic E-state index is 11.8. The minimum atomic E-state index is -1.01. The van der Waals surface area contributed by atoms with Crippen molar-refractivity contribution < 1.29 is 14.7 Å². The smallest absolute Gasteiger partial charge is 0.325 e. The lowest BCUT2D eigenvalue weighted by atomic mass is 10.1. The average Bonchev–Trinajstić information content (AvgIpc) is 2.39. The summed E-state index contributed by atoms with van der Waals surface area (Å²) in [6, 6.07) is -1.12. The van der Waals surface area contributed by atoms with Crippen molar-refractivity contribution in [1.82, 2.24) is 10.2 Å². The maximum Gasteiger partial charge on any atom is 0.325 e. The number of nitrogens with zero attached hydrogens (tertiary/aromatic N) is 1. The molecule has 0 spiro atoms. The third-order valence-electron chi connectivity index (χ3n) is 2.84. The second kappa shape index (κ2) is 5.62. The molecule has 0 radical (unpaired) electrons. The van der Waals surface area contributed by atoms with Crippen LogP contribution in [0, 0.1) is 0 Å². The second-order valence-corrected chi connectivity index (χ2v) is 6.66. The molecule has 0 aromatic rings. The average molecular weight is 260 g/mol. The van der Waals surface area contributed by atoms with Gasteiger partial charge in [0.05, 0.1) is 0 Å². The van der Waals surface area contributed by atoms with Crippen molar-refractivity contribution in [2.45, 2.75) is 38.0 Å². The summed E-state index contributed by atoms with van der Waals surface area (Å²) in [5, 5.41) is 11.2. The van der Waals surface area contributed by atoms with Gasteiger partial charge in [0, 0.05) is 23.6 Å². The van der Waals surface area contributed by atoms with Crippen molar-refractivity contribution >= 4 is 23.8 Å². The maximum absolute atomic E-state index is 11.8. The molecule has 6 heteroatoms. The number of amides is 2. The topological polar surface area (TPSA) is 69.6 Å². The fourth-order valence-electron chi connectivity index (χ4n) is 1.56. The van der Waals surface area contributed by atoms with E-state index in [1.807, 2.05) is 11.8 Å². The third kappa shape index (κ3) is 4.46. The van der Waals surface area contributed by atoms with E-state index in [4.69, 9.17) is 5.11 Å². The minimum Gasteiger partial charge on any atom is -0.480 e. The van der Waals surface area contributed by atoms with Crippen molar-refractivity contribution in [3.05, 3.63) is 0 Å². The summed E-state index contributed by atoms with van der Waals surface area (Å²) in [5.41, 5.74) is 0. The van der Waals surface area contributed by atoms with E-state index in [1.165, 1.54) is 6.92 Å². The summed E-state index contributed by atoms with van der Waals surface area (Å²) >= 11 is 1.85. The molecule has 0 aromatic carbocycles. The number of carbonyl (C=O) groups excluding carboxylic acids is 1. The van der Waals surface area contributed by atoms with Crippen molar-refractivity contribution in [2.24, 2.45) is 0 Å². The Morgan fingerprint density at radius 3 is 2.65 bits per heavy atom. The molecular weight excluding hydrogens is 240 g/mol. The quantitative estimate of drug-likeness (QED) is 0.787. The van der Waals surface area contributed by atoms with Gasteiger partial charge >= 0.3 is 12.0 Å². The molecule has 5 nitrogen and oxygen atoms in total. The highest BCUT2D eigenvalue weighted by molar-refractivity contribution is 8.00. The zero-order chi connectivity index (χ0) is 13.1. The normalized spacial score (nSPS) is 21.5. The molecule has 1 rings (SSSR count). The molecule has 17 heavy (non-hydrogen) atoms. The van der Waals surface area contributed by atoms with Gasteiger partial charge in [0.2, 0.25) is 0 Å². The molecule has 0 aromatic heterocycles. The number of hydrogen-bond donors (Lipinski definition) is 2. The summed E-state index contributed by atoms with van der Waals surface area (Å²) in [4.78, 5) is 24.2. The molecule has 2 amide bonds. The Labute approximate surface area is 106 Å². The highest BCUT2D eigenvalue weighted by atomic mass is 32.2. The van der Waals surface area contributed by atoms with Gasteiger partial charge in [0.15, 0.2) is 0 Å². The van der Waals surface area contributed by atoms with E-state index in [2.05, 4.69) is 19.2 Å². The van der Waals surface area contributed by atoms with Gasteiger partial charge in [0.25, 0.3) is 0 Å². The van der Waals surface area contributed by atoms with Gasteiger partial charge in [-0.2, -0.15) is 11.8 Å². The number of urea groups is 1. The van der Waals surface area contributed by atoms with E-state index in [-0.39, 0.29) is 10.8 Å². The van der Waals surface area contributed by atoms with Crippen molar-refractivity contribution in [2.75, 3.05) is 18.8 Å². The van der Waals surface area contributed by atoms with Crippen LogP contribution in [0.3, 0.4) is 0 Å². The largest absolute Gasteiger partial charge is 0.480 e. The molecule has 1 saturated heterocycles. The number of rotatable bonds is 2. The fourth-order valence-corrected chi connectivity index (χ4v) is 2.66. The lowest BCUT2D eigenvalue weighted by Crippen LogP contribution is -2.47. The molecule has 1 atom stereocenters. The SMILES string of the molecule is C[C@@H](NC(=O)N1CCSC(C)(C)CC1)C(=O)O. The first-order valence-electron chi connectivity index (χ1n) is 5.74. The van der Waals surface area contributed by atoms with Gasteiger partial charge in [-0.1, -0.05) is 13.8 Å². The van der Waals surface area contributed by atoms with E-state index in [0.717, 1.165) is 12.2 Å². The lowest BCUT2D eigenvalue weighted by Gasteiger charge is -2.23. The zero-order valence-corrected chi connectivity index (χ0v) is 11.3. The molecule has 0 aliphatic carbocycles. The van der Waals surface area contributed by atoms with Gasteiger partial charge < -0.3 is 15.3 Å².